The molecule has 1 amide bonds. The molecule has 2 unspecified atom stereocenters. The topological polar surface area (TPSA) is 83.1 Å². The summed E-state index contributed by atoms with van der Waals surface area (Å²) >= 11 is 4.75. The zero-order valence-corrected chi connectivity index (χ0v) is 22.6. The van der Waals surface area contributed by atoms with Gasteiger partial charge in [0.25, 0.3) is 5.91 Å². The molecular weight excluding hydrogens is 495 g/mol. The van der Waals surface area contributed by atoms with Crippen LogP contribution in [0.25, 0.3) is 0 Å². The Kier molecular flexibility index (Phi) is 9.16. The van der Waals surface area contributed by atoms with Crippen molar-refractivity contribution in [1.29, 1.82) is 0 Å². The third-order valence-corrected chi connectivity index (χ3v) is 8.01. The SMILES string of the molecule is C=CCOc1cc(F)c(Cl)cc1C(N[S+]([O-])C(C)(C)C)C1CCN(C(=O)[C@H]2COC(C)(C)O2)CC1. The molecule has 0 aromatic heterocycles. The van der Waals surface area contributed by atoms with Crippen molar-refractivity contribution in [2.45, 2.75) is 70.1 Å². The van der Waals surface area contributed by atoms with Crippen LogP contribution in [-0.4, -0.2) is 58.3 Å². The summed E-state index contributed by atoms with van der Waals surface area (Å²) in [4.78, 5) is 14.8. The van der Waals surface area contributed by atoms with E-state index in [0.717, 1.165) is 0 Å². The number of ether oxygens (including phenoxy) is 3. The van der Waals surface area contributed by atoms with E-state index < -0.39 is 39.9 Å². The quantitative estimate of drug-likeness (QED) is 0.393. The van der Waals surface area contributed by atoms with Crippen LogP contribution in [0.3, 0.4) is 0 Å². The Bertz CT molecular complexity index is 918. The van der Waals surface area contributed by atoms with Crippen LogP contribution in [0, 0.1) is 11.7 Å². The van der Waals surface area contributed by atoms with Crippen molar-refractivity contribution >= 4 is 28.9 Å². The lowest BCUT2D eigenvalue weighted by Gasteiger charge is -2.38. The maximum absolute atomic E-state index is 14.3. The van der Waals surface area contributed by atoms with Gasteiger partial charge in [0.05, 0.1) is 17.7 Å². The van der Waals surface area contributed by atoms with E-state index in [9.17, 15) is 13.7 Å². The molecule has 10 heteroatoms. The van der Waals surface area contributed by atoms with Gasteiger partial charge in [-0.15, -0.1) is 4.72 Å². The summed E-state index contributed by atoms with van der Waals surface area (Å²) in [7, 11) is 0. The minimum absolute atomic E-state index is 0.00939. The van der Waals surface area contributed by atoms with Crippen LogP contribution in [0.2, 0.25) is 5.02 Å². The molecule has 0 spiro atoms. The Hall–Kier alpha value is -1.36. The van der Waals surface area contributed by atoms with Crippen molar-refractivity contribution in [2.75, 3.05) is 26.3 Å². The molecule has 1 aromatic carbocycles. The largest absolute Gasteiger partial charge is 0.598 e. The van der Waals surface area contributed by atoms with Crippen LogP contribution in [0.5, 0.6) is 5.75 Å². The van der Waals surface area contributed by atoms with Gasteiger partial charge >= 0.3 is 0 Å². The molecule has 2 heterocycles. The second kappa shape index (κ2) is 11.4. The first-order valence-corrected chi connectivity index (χ1v) is 13.4. The summed E-state index contributed by atoms with van der Waals surface area (Å²) < 4.78 is 47.2. The number of piperidine rings is 1. The molecule has 2 aliphatic rings. The number of amides is 1. The molecule has 2 fully saturated rings. The third kappa shape index (κ3) is 7.11. The van der Waals surface area contributed by atoms with Crippen LogP contribution in [0.1, 0.15) is 59.1 Å². The standard InChI is InChI=1S/C25H36ClFN2O5S/c1-7-12-32-20-14-19(27)18(26)13-17(20)22(28-35(31)24(2,3)4)16-8-10-29(11-9-16)23(30)21-15-33-25(5,6)34-21/h7,13-14,16,21-22,28H,1,8-12,15H2,2-6H3/t21-,22?,35?/m1/s1. The van der Waals surface area contributed by atoms with E-state index >= 15 is 0 Å². The van der Waals surface area contributed by atoms with E-state index in [0.29, 0.717) is 37.2 Å². The first-order chi connectivity index (χ1) is 16.3. The number of likely N-dealkylation sites (tertiary alicyclic amines) is 1. The Morgan fingerprint density at radius 2 is 2.09 bits per heavy atom. The van der Waals surface area contributed by atoms with Gasteiger partial charge < -0.3 is 23.7 Å². The number of hydrogen-bond donors (Lipinski definition) is 1. The Morgan fingerprint density at radius 1 is 1.43 bits per heavy atom. The number of rotatable bonds is 8. The maximum Gasteiger partial charge on any atom is 0.254 e. The van der Waals surface area contributed by atoms with Gasteiger partial charge in [-0.1, -0.05) is 24.3 Å². The van der Waals surface area contributed by atoms with E-state index in [4.69, 9.17) is 25.8 Å². The van der Waals surface area contributed by atoms with Gasteiger partial charge in [-0.2, -0.15) is 0 Å². The zero-order valence-electron chi connectivity index (χ0n) is 21.1. The van der Waals surface area contributed by atoms with Crippen LogP contribution in [0.4, 0.5) is 4.39 Å². The second-order valence-electron chi connectivity index (χ2n) is 10.4. The summed E-state index contributed by atoms with van der Waals surface area (Å²) in [6.07, 6.45) is 2.26. The summed E-state index contributed by atoms with van der Waals surface area (Å²) in [5.41, 5.74) is 0.634. The first kappa shape index (κ1) is 28.2. The summed E-state index contributed by atoms with van der Waals surface area (Å²) in [5.74, 6) is -1.11. The predicted octanol–water partition coefficient (Wildman–Crippen LogP) is 4.53. The van der Waals surface area contributed by atoms with E-state index in [2.05, 4.69) is 11.3 Å². The van der Waals surface area contributed by atoms with Gasteiger partial charge in [-0.3, -0.25) is 4.79 Å². The molecule has 2 aliphatic heterocycles. The smallest absolute Gasteiger partial charge is 0.254 e. The maximum atomic E-state index is 14.3. The van der Waals surface area contributed by atoms with Crippen LogP contribution in [-0.2, 0) is 25.6 Å². The minimum atomic E-state index is -1.40. The fourth-order valence-electron chi connectivity index (χ4n) is 4.23. The lowest BCUT2D eigenvalue weighted by molar-refractivity contribution is -0.161. The fourth-order valence-corrected chi connectivity index (χ4v) is 5.31. The molecule has 1 N–H and O–H groups in total. The van der Waals surface area contributed by atoms with Crippen molar-refractivity contribution in [3.63, 3.8) is 0 Å². The number of halogens is 2. The van der Waals surface area contributed by atoms with Crippen molar-refractivity contribution in [1.82, 2.24) is 9.62 Å². The normalized spacial score (nSPS) is 22.6. The first-order valence-electron chi connectivity index (χ1n) is 11.8. The van der Waals surface area contributed by atoms with Crippen molar-refractivity contribution in [2.24, 2.45) is 5.92 Å². The Labute approximate surface area is 215 Å². The average Bonchev–Trinajstić information content (AvgIpc) is 3.16. The van der Waals surface area contributed by atoms with Gasteiger partial charge in [-0.05, 0) is 59.4 Å². The molecule has 196 valence electrons. The molecule has 3 rings (SSSR count). The van der Waals surface area contributed by atoms with Crippen molar-refractivity contribution in [3.8, 4) is 5.75 Å². The minimum Gasteiger partial charge on any atom is -0.598 e. The molecule has 0 saturated carbocycles. The third-order valence-electron chi connectivity index (χ3n) is 6.14. The number of carbonyl (C=O) groups excluding carboxylic acids is 1. The Morgan fingerprint density at radius 3 is 2.63 bits per heavy atom. The summed E-state index contributed by atoms with van der Waals surface area (Å²) in [6, 6.07) is 2.37. The molecule has 7 nitrogen and oxygen atoms in total. The van der Waals surface area contributed by atoms with E-state index in [1.165, 1.54) is 12.1 Å². The van der Waals surface area contributed by atoms with E-state index in [1.54, 1.807) is 24.8 Å². The zero-order chi connectivity index (χ0) is 26.0. The van der Waals surface area contributed by atoms with E-state index in [-0.39, 0.29) is 30.1 Å². The highest BCUT2D eigenvalue weighted by Crippen LogP contribution is 2.39. The highest BCUT2D eigenvalue weighted by molar-refractivity contribution is 7.90. The lowest BCUT2D eigenvalue weighted by atomic mass is 9.85. The summed E-state index contributed by atoms with van der Waals surface area (Å²) in [6.45, 7) is 14.3. The monoisotopic (exact) mass is 530 g/mol. The van der Waals surface area contributed by atoms with Crippen LogP contribution >= 0.6 is 11.6 Å². The molecule has 1 aromatic rings. The Balaban J connectivity index is 1.82. The molecule has 35 heavy (non-hydrogen) atoms. The molecule has 2 saturated heterocycles. The number of hydrogen-bond acceptors (Lipinski definition) is 6. The highest BCUT2D eigenvalue weighted by atomic mass is 35.5. The van der Waals surface area contributed by atoms with Gasteiger partial charge in [0.1, 0.15) is 22.9 Å². The number of benzene rings is 1. The van der Waals surface area contributed by atoms with Gasteiger partial charge in [0.2, 0.25) is 0 Å². The number of nitrogens with one attached hydrogen (secondary N) is 1. The van der Waals surface area contributed by atoms with Crippen LogP contribution < -0.4 is 9.46 Å². The predicted molar refractivity (Wildman–Crippen MR) is 135 cm³/mol. The van der Waals surface area contributed by atoms with Crippen LogP contribution in [0.15, 0.2) is 24.8 Å². The van der Waals surface area contributed by atoms with Gasteiger partial charge in [0.15, 0.2) is 11.9 Å². The number of nitrogens with zero attached hydrogens (tertiary/aromatic N) is 1. The molecule has 0 bridgehead atoms. The summed E-state index contributed by atoms with van der Waals surface area (Å²) in [5, 5.41) is -0.0343. The highest BCUT2D eigenvalue weighted by Gasteiger charge is 2.41. The lowest BCUT2D eigenvalue weighted by Crippen LogP contribution is -2.48. The second-order valence-corrected chi connectivity index (χ2v) is 12.8. The van der Waals surface area contributed by atoms with Gasteiger partial charge in [-0.25, -0.2) is 4.39 Å². The van der Waals surface area contributed by atoms with E-state index in [1.807, 2.05) is 20.8 Å². The molecule has 0 radical (unpaired) electrons. The molecule has 3 atom stereocenters. The number of carbonyl (C=O) groups is 1. The molecule has 0 aliphatic carbocycles. The van der Waals surface area contributed by atoms with Gasteiger partial charge in [0, 0.05) is 36.1 Å². The average molecular weight is 531 g/mol. The molecular formula is C25H36ClFN2O5S. The fraction of sp³-hybridized carbons (Fsp3) is 0.640. The van der Waals surface area contributed by atoms with Crippen molar-refractivity contribution in [3.05, 3.63) is 41.2 Å². The van der Waals surface area contributed by atoms with Crippen molar-refractivity contribution < 1.29 is 27.9 Å².